The zero-order valence-electron chi connectivity index (χ0n) is 9.77. The third-order valence-electron chi connectivity index (χ3n) is 4.55. The Labute approximate surface area is 105 Å². The van der Waals surface area contributed by atoms with Crippen molar-refractivity contribution in [3.63, 3.8) is 0 Å². The Balaban J connectivity index is 1.50. The number of hydrogen-bond donors (Lipinski definition) is 0. The van der Waals surface area contributed by atoms with E-state index < -0.39 is 0 Å². The number of hydrogen-bond acceptors (Lipinski definition) is 4. The van der Waals surface area contributed by atoms with Crippen LogP contribution in [-0.4, -0.2) is 44.1 Å². The standard InChI is InChI=1S/C13H13BO4/c1-2-4-7(5-3-1)14-12-9-10(18-14)8-6-15-13(16-8)11(9)17-12/h1-5,8-13H,6H2. The third kappa shape index (κ3) is 1.11. The minimum Gasteiger partial charge on any atom is -0.423 e. The van der Waals surface area contributed by atoms with Crippen molar-refractivity contribution in [1.82, 2.24) is 0 Å². The van der Waals surface area contributed by atoms with Crippen molar-refractivity contribution in [2.45, 2.75) is 30.6 Å². The molecule has 4 aliphatic heterocycles. The first kappa shape index (κ1) is 9.98. The van der Waals surface area contributed by atoms with Gasteiger partial charge >= 0.3 is 6.92 Å². The Bertz CT molecular complexity index is 481. The Hall–Kier alpha value is -0.875. The van der Waals surface area contributed by atoms with E-state index in [-0.39, 0.29) is 37.5 Å². The summed E-state index contributed by atoms with van der Waals surface area (Å²) >= 11 is 0. The van der Waals surface area contributed by atoms with Crippen molar-refractivity contribution in [2.24, 2.45) is 5.92 Å². The number of ether oxygens (including phenoxy) is 3. The normalized spacial score (nSPS) is 47.9. The minimum absolute atomic E-state index is 0.0559. The Morgan fingerprint density at radius 1 is 1.06 bits per heavy atom. The highest BCUT2D eigenvalue weighted by Gasteiger charge is 2.68. The summed E-state index contributed by atoms with van der Waals surface area (Å²) in [5.41, 5.74) is 1.20. The highest BCUT2D eigenvalue weighted by molar-refractivity contribution is 6.69. The van der Waals surface area contributed by atoms with E-state index in [0.29, 0.717) is 12.5 Å². The van der Waals surface area contributed by atoms with Gasteiger partial charge in [-0.05, 0) is 5.46 Å². The van der Waals surface area contributed by atoms with E-state index in [1.165, 1.54) is 5.46 Å². The van der Waals surface area contributed by atoms with Crippen molar-refractivity contribution in [2.75, 3.05) is 6.61 Å². The molecule has 0 spiro atoms. The molecule has 1 aromatic carbocycles. The van der Waals surface area contributed by atoms with Crippen LogP contribution in [0.15, 0.2) is 30.3 Å². The van der Waals surface area contributed by atoms with Crippen molar-refractivity contribution in [3.05, 3.63) is 30.3 Å². The van der Waals surface area contributed by atoms with Gasteiger partial charge in [0.25, 0.3) is 0 Å². The summed E-state index contributed by atoms with van der Waals surface area (Å²) in [7, 11) is 0. The van der Waals surface area contributed by atoms with Crippen LogP contribution in [0.4, 0.5) is 0 Å². The van der Waals surface area contributed by atoms with Crippen LogP contribution < -0.4 is 5.46 Å². The van der Waals surface area contributed by atoms with Crippen molar-refractivity contribution in [3.8, 4) is 0 Å². The van der Waals surface area contributed by atoms with Gasteiger partial charge in [0.15, 0.2) is 6.29 Å². The van der Waals surface area contributed by atoms with Gasteiger partial charge in [0, 0.05) is 5.92 Å². The highest BCUT2D eigenvalue weighted by atomic mass is 16.8. The van der Waals surface area contributed by atoms with Crippen LogP contribution in [0.5, 0.6) is 0 Å². The van der Waals surface area contributed by atoms with Gasteiger partial charge in [-0.1, -0.05) is 30.3 Å². The third-order valence-corrected chi connectivity index (χ3v) is 4.55. The molecule has 6 unspecified atom stereocenters. The van der Waals surface area contributed by atoms with E-state index in [2.05, 4.69) is 12.1 Å². The van der Waals surface area contributed by atoms with E-state index in [1.54, 1.807) is 0 Å². The lowest BCUT2D eigenvalue weighted by atomic mass is 9.52. The Morgan fingerprint density at radius 3 is 2.83 bits per heavy atom. The molecular formula is C13H13BO4. The van der Waals surface area contributed by atoms with Crippen LogP contribution in [-0.2, 0) is 18.9 Å². The fourth-order valence-corrected chi connectivity index (χ4v) is 3.72. The number of benzene rings is 1. The molecule has 92 valence electrons. The van der Waals surface area contributed by atoms with Gasteiger partial charge < -0.3 is 18.9 Å². The van der Waals surface area contributed by atoms with E-state index >= 15 is 0 Å². The quantitative estimate of drug-likeness (QED) is 0.649. The maximum atomic E-state index is 6.21. The lowest BCUT2D eigenvalue weighted by Gasteiger charge is -2.47. The molecule has 4 nitrogen and oxygen atoms in total. The summed E-state index contributed by atoms with van der Waals surface area (Å²) in [6.07, 6.45) is 0.146. The largest absolute Gasteiger partial charge is 0.423 e. The van der Waals surface area contributed by atoms with Gasteiger partial charge in [-0.25, -0.2) is 0 Å². The number of rotatable bonds is 1. The van der Waals surface area contributed by atoms with Crippen LogP contribution >= 0.6 is 0 Å². The monoisotopic (exact) mass is 244 g/mol. The van der Waals surface area contributed by atoms with E-state index in [1.807, 2.05) is 18.2 Å². The first-order chi connectivity index (χ1) is 8.92. The van der Waals surface area contributed by atoms with Gasteiger partial charge in [-0.2, -0.15) is 0 Å². The van der Waals surface area contributed by atoms with Gasteiger partial charge in [0.2, 0.25) is 0 Å². The van der Waals surface area contributed by atoms with Crippen LogP contribution in [0.2, 0.25) is 0 Å². The van der Waals surface area contributed by atoms with Crippen LogP contribution in [0.1, 0.15) is 0 Å². The fourth-order valence-electron chi connectivity index (χ4n) is 3.72. The van der Waals surface area contributed by atoms with Crippen molar-refractivity contribution in [1.29, 1.82) is 0 Å². The first-order valence-electron chi connectivity index (χ1n) is 6.55. The van der Waals surface area contributed by atoms with Gasteiger partial charge in [-0.3, -0.25) is 0 Å². The predicted molar refractivity (Wildman–Crippen MR) is 63.5 cm³/mol. The molecule has 0 saturated carbocycles. The molecule has 18 heavy (non-hydrogen) atoms. The molecule has 4 fully saturated rings. The second-order valence-corrected chi connectivity index (χ2v) is 5.45. The van der Waals surface area contributed by atoms with Gasteiger partial charge in [0.1, 0.15) is 12.2 Å². The maximum Gasteiger partial charge on any atom is 0.357 e. The van der Waals surface area contributed by atoms with Crippen LogP contribution in [0.3, 0.4) is 0 Å². The lowest BCUT2D eigenvalue weighted by Crippen LogP contribution is -2.63. The predicted octanol–water partition coefficient (Wildman–Crippen LogP) is -0.0382. The molecule has 0 N–H and O–H groups in total. The van der Waals surface area contributed by atoms with E-state index in [4.69, 9.17) is 18.9 Å². The molecule has 4 saturated heterocycles. The smallest absolute Gasteiger partial charge is 0.357 e. The SMILES string of the molecule is c1ccc(B2OC3C4COC(O4)C4OC2C34)cc1. The molecule has 6 atom stereocenters. The topological polar surface area (TPSA) is 36.9 Å². The summed E-state index contributed by atoms with van der Waals surface area (Å²) in [5, 5.41) is 0. The van der Waals surface area contributed by atoms with Crippen molar-refractivity contribution >= 4 is 12.4 Å². The maximum absolute atomic E-state index is 6.21. The van der Waals surface area contributed by atoms with Gasteiger partial charge in [0.05, 0.1) is 18.7 Å². The summed E-state index contributed by atoms with van der Waals surface area (Å²) < 4.78 is 23.5. The molecule has 0 aliphatic carbocycles. The molecule has 1 aromatic rings. The van der Waals surface area contributed by atoms with E-state index in [0.717, 1.165) is 0 Å². The lowest BCUT2D eigenvalue weighted by molar-refractivity contribution is -0.283. The molecule has 2 bridgehead atoms. The molecule has 0 aromatic heterocycles. The molecule has 4 aliphatic rings. The number of fused-ring (bicyclic) bond motifs is 4. The highest BCUT2D eigenvalue weighted by Crippen LogP contribution is 2.50. The average Bonchev–Trinajstić information content (AvgIpc) is 2.94. The molecule has 5 rings (SSSR count). The zero-order valence-corrected chi connectivity index (χ0v) is 9.77. The molecule has 0 amide bonds. The van der Waals surface area contributed by atoms with E-state index in [9.17, 15) is 0 Å². The second kappa shape index (κ2) is 3.36. The van der Waals surface area contributed by atoms with Crippen LogP contribution in [0, 0.1) is 5.92 Å². The Kier molecular flexibility index (Phi) is 1.86. The van der Waals surface area contributed by atoms with Gasteiger partial charge in [-0.15, -0.1) is 0 Å². The summed E-state index contributed by atoms with van der Waals surface area (Å²) in [6.45, 7) is 0.695. The summed E-state index contributed by atoms with van der Waals surface area (Å²) in [6, 6.07) is 10.5. The second-order valence-electron chi connectivity index (χ2n) is 5.45. The molecular weight excluding hydrogens is 231 g/mol. The molecule has 0 radical (unpaired) electrons. The summed E-state index contributed by atoms with van der Waals surface area (Å²) in [4.78, 5) is 0. The first-order valence-corrected chi connectivity index (χ1v) is 6.55. The van der Waals surface area contributed by atoms with Crippen LogP contribution in [0.25, 0.3) is 0 Å². The average molecular weight is 244 g/mol. The Morgan fingerprint density at radius 2 is 1.94 bits per heavy atom. The summed E-state index contributed by atoms with van der Waals surface area (Å²) in [5.74, 6) is 0.446. The zero-order chi connectivity index (χ0) is 11.7. The molecule has 4 heterocycles. The van der Waals surface area contributed by atoms with Crippen molar-refractivity contribution < 1.29 is 18.9 Å². The minimum atomic E-state index is -0.161. The fraction of sp³-hybridized carbons (Fsp3) is 0.538. The molecule has 5 heteroatoms.